The van der Waals surface area contributed by atoms with Crippen molar-refractivity contribution >= 4 is 35.0 Å². The minimum absolute atomic E-state index is 0.690. The van der Waals surface area contributed by atoms with E-state index in [2.05, 4.69) is 23.5 Å². The Morgan fingerprint density at radius 1 is 1.05 bits per heavy atom. The Labute approximate surface area is 140 Å². The van der Waals surface area contributed by atoms with Crippen LogP contribution in [0.15, 0.2) is 47.4 Å². The van der Waals surface area contributed by atoms with Gasteiger partial charge in [0, 0.05) is 33.3 Å². The van der Waals surface area contributed by atoms with Crippen molar-refractivity contribution in [2.24, 2.45) is 0 Å². The molecule has 4 heteroatoms. The lowest BCUT2D eigenvalue weighted by molar-refractivity contribution is 0.680. The van der Waals surface area contributed by atoms with Crippen molar-refractivity contribution in [2.45, 2.75) is 36.1 Å². The van der Waals surface area contributed by atoms with Crippen LogP contribution < -0.4 is 5.32 Å². The van der Waals surface area contributed by atoms with Crippen LogP contribution in [0.3, 0.4) is 0 Å². The van der Waals surface area contributed by atoms with Gasteiger partial charge in [0.2, 0.25) is 0 Å². The fourth-order valence-corrected chi connectivity index (χ4v) is 3.59. The van der Waals surface area contributed by atoms with Gasteiger partial charge in [-0.25, -0.2) is 0 Å². The van der Waals surface area contributed by atoms with E-state index in [1.807, 2.05) is 36.0 Å². The van der Waals surface area contributed by atoms with Crippen molar-refractivity contribution in [1.29, 1.82) is 0 Å². The standard InChI is InChI=1S/C17H17Cl2NS/c18-13-6-4-12(5-7-13)11-21-17-3-1-2-16(19)15(17)10-20-14-8-9-14/h1-7,14,20H,8-11H2. The van der Waals surface area contributed by atoms with E-state index in [-0.39, 0.29) is 0 Å². The fourth-order valence-electron chi connectivity index (χ4n) is 2.12. The molecule has 0 saturated heterocycles. The van der Waals surface area contributed by atoms with Gasteiger partial charge in [0.15, 0.2) is 0 Å². The molecule has 3 rings (SSSR count). The van der Waals surface area contributed by atoms with Crippen molar-refractivity contribution in [2.75, 3.05) is 0 Å². The highest BCUT2D eigenvalue weighted by Crippen LogP contribution is 2.32. The quantitative estimate of drug-likeness (QED) is 0.694. The van der Waals surface area contributed by atoms with Crippen LogP contribution in [0.4, 0.5) is 0 Å². The maximum atomic E-state index is 6.37. The van der Waals surface area contributed by atoms with E-state index in [4.69, 9.17) is 23.2 Å². The molecule has 0 spiro atoms. The lowest BCUT2D eigenvalue weighted by Gasteiger charge is -2.12. The van der Waals surface area contributed by atoms with Crippen molar-refractivity contribution in [3.63, 3.8) is 0 Å². The highest BCUT2D eigenvalue weighted by atomic mass is 35.5. The van der Waals surface area contributed by atoms with E-state index in [1.54, 1.807) is 0 Å². The number of hydrogen-bond donors (Lipinski definition) is 1. The SMILES string of the molecule is Clc1ccc(CSc2cccc(Cl)c2CNC2CC2)cc1. The molecule has 110 valence electrons. The third kappa shape index (κ3) is 4.40. The molecule has 1 aliphatic rings. The minimum Gasteiger partial charge on any atom is -0.310 e. The lowest BCUT2D eigenvalue weighted by Crippen LogP contribution is -2.16. The summed E-state index contributed by atoms with van der Waals surface area (Å²) in [5.41, 5.74) is 2.48. The van der Waals surface area contributed by atoms with E-state index in [9.17, 15) is 0 Å². The first-order chi connectivity index (χ1) is 10.2. The van der Waals surface area contributed by atoms with Crippen LogP contribution in [-0.2, 0) is 12.3 Å². The Balaban J connectivity index is 1.68. The van der Waals surface area contributed by atoms with Gasteiger partial charge in [0.25, 0.3) is 0 Å². The topological polar surface area (TPSA) is 12.0 Å². The van der Waals surface area contributed by atoms with Crippen LogP contribution >= 0.6 is 35.0 Å². The second kappa shape index (κ2) is 7.06. The van der Waals surface area contributed by atoms with Gasteiger partial charge < -0.3 is 5.32 Å². The van der Waals surface area contributed by atoms with Crippen LogP contribution in [-0.4, -0.2) is 6.04 Å². The number of halogens is 2. The van der Waals surface area contributed by atoms with Crippen molar-refractivity contribution in [1.82, 2.24) is 5.32 Å². The molecule has 1 aliphatic carbocycles. The van der Waals surface area contributed by atoms with E-state index in [1.165, 1.54) is 28.9 Å². The van der Waals surface area contributed by atoms with Gasteiger partial charge in [-0.05, 0) is 48.2 Å². The van der Waals surface area contributed by atoms with Crippen LogP contribution in [0.25, 0.3) is 0 Å². The molecule has 0 amide bonds. The Kier molecular flexibility index (Phi) is 5.12. The predicted molar refractivity (Wildman–Crippen MR) is 92.3 cm³/mol. The molecule has 0 aliphatic heterocycles. The molecular weight excluding hydrogens is 321 g/mol. The summed E-state index contributed by atoms with van der Waals surface area (Å²) < 4.78 is 0. The highest BCUT2D eigenvalue weighted by Gasteiger charge is 2.21. The van der Waals surface area contributed by atoms with Crippen LogP contribution in [0.2, 0.25) is 10.0 Å². The smallest absolute Gasteiger partial charge is 0.0462 e. The lowest BCUT2D eigenvalue weighted by atomic mass is 10.2. The molecule has 1 saturated carbocycles. The van der Waals surface area contributed by atoms with Gasteiger partial charge in [-0.2, -0.15) is 0 Å². The summed E-state index contributed by atoms with van der Waals surface area (Å²) in [6, 6.07) is 14.8. The first-order valence-electron chi connectivity index (χ1n) is 7.10. The summed E-state index contributed by atoms with van der Waals surface area (Å²) in [6.45, 7) is 0.854. The first kappa shape index (κ1) is 15.2. The molecule has 0 radical (unpaired) electrons. The highest BCUT2D eigenvalue weighted by molar-refractivity contribution is 7.98. The van der Waals surface area contributed by atoms with E-state index < -0.39 is 0 Å². The summed E-state index contributed by atoms with van der Waals surface area (Å²) in [4.78, 5) is 1.26. The summed E-state index contributed by atoms with van der Waals surface area (Å²) in [7, 11) is 0. The van der Waals surface area contributed by atoms with Gasteiger partial charge in [-0.15, -0.1) is 11.8 Å². The monoisotopic (exact) mass is 337 g/mol. The summed E-state index contributed by atoms with van der Waals surface area (Å²) >= 11 is 14.1. The molecule has 1 fully saturated rings. The summed E-state index contributed by atoms with van der Waals surface area (Å²) in [5, 5.41) is 5.17. The van der Waals surface area contributed by atoms with E-state index in [0.29, 0.717) is 6.04 Å². The first-order valence-corrected chi connectivity index (χ1v) is 8.84. The predicted octanol–water partition coefficient (Wildman–Crippen LogP) is 5.54. The van der Waals surface area contributed by atoms with Crippen molar-refractivity contribution < 1.29 is 0 Å². The minimum atomic E-state index is 0.690. The molecule has 21 heavy (non-hydrogen) atoms. The molecule has 0 heterocycles. The molecule has 0 atom stereocenters. The molecule has 0 bridgehead atoms. The maximum absolute atomic E-state index is 6.37. The molecule has 0 aromatic heterocycles. The van der Waals surface area contributed by atoms with E-state index in [0.717, 1.165) is 22.3 Å². The van der Waals surface area contributed by atoms with Crippen molar-refractivity contribution in [3.05, 3.63) is 63.6 Å². The third-order valence-corrected chi connectivity index (χ3v) is 5.31. The van der Waals surface area contributed by atoms with Gasteiger partial charge in [0.05, 0.1) is 0 Å². The Morgan fingerprint density at radius 3 is 2.52 bits per heavy atom. The van der Waals surface area contributed by atoms with Crippen LogP contribution in [0.1, 0.15) is 24.0 Å². The Bertz CT molecular complexity index is 609. The van der Waals surface area contributed by atoms with Gasteiger partial charge in [-0.3, -0.25) is 0 Å². The number of nitrogens with one attached hydrogen (secondary N) is 1. The molecular formula is C17H17Cl2NS. The van der Waals surface area contributed by atoms with Crippen LogP contribution in [0, 0.1) is 0 Å². The number of benzene rings is 2. The largest absolute Gasteiger partial charge is 0.310 e. The van der Waals surface area contributed by atoms with E-state index >= 15 is 0 Å². The Hall–Kier alpha value is -0.670. The zero-order chi connectivity index (χ0) is 14.7. The van der Waals surface area contributed by atoms with Crippen LogP contribution in [0.5, 0.6) is 0 Å². The normalized spacial score (nSPS) is 14.4. The number of hydrogen-bond acceptors (Lipinski definition) is 2. The zero-order valence-electron chi connectivity index (χ0n) is 11.6. The second-order valence-electron chi connectivity index (χ2n) is 5.29. The second-order valence-corrected chi connectivity index (χ2v) is 7.15. The average Bonchev–Trinajstić information content (AvgIpc) is 3.30. The number of thioether (sulfide) groups is 1. The Morgan fingerprint density at radius 2 is 1.81 bits per heavy atom. The summed E-state index contributed by atoms with van der Waals surface area (Å²) in [6.07, 6.45) is 2.58. The third-order valence-electron chi connectivity index (χ3n) is 3.53. The molecule has 0 unspecified atom stereocenters. The van der Waals surface area contributed by atoms with Crippen molar-refractivity contribution in [3.8, 4) is 0 Å². The molecule has 1 N–H and O–H groups in total. The zero-order valence-corrected chi connectivity index (χ0v) is 13.9. The van der Waals surface area contributed by atoms with Gasteiger partial charge >= 0.3 is 0 Å². The maximum Gasteiger partial charge on any atom is 0.0462 e. The fraction of sp³-hybridized carbons (Fsp3) is 0.294. The number of rotatable bonds is 6. The van der Waals surface area contributed by atoms with Gasteiger partial charge in [0.1, 0.15) is 0 Å². The van der Waals surface area contributed by atoms with Gasteiger partial charge in [-0.1, -0.05) is 41.4 Å². The summed E-state index contributed by atoms with van der Waals surface area (Å²) in [5.74, 6) is 0.925. The molecule has 2 aromatic rings. The average molecular weight is 338 g/mol. The molecule has 2 aromatic carbocycles. The molecule has 1 nitrogen and oxygen atoms in total.